The van der Waals surface area contributed by atoms with Gasteiger partial charge in [0.05, 0.1) is 13.2 Å². The molecule has 0 aromatic heterocycles. The Hall–Kier alpha value is -0.120. The summed E-state index contributed by atoms with van der Waals surface area (Å²) in [5.41, 5.74) is -0.0317. The molecule has 0 aliphatic carbocycles. The first-order chi connectivity index (χ1) is 4.33. The van der Waals surface area contributed by atoms with Gasteiger partial charge in [-0.05, 0) is 7.05 Å². The van der Waals surface area contributed by atoms with Crippen molar-refractivity contribution < 1.29 is 9.47 Å². The van der Waals surface area contributed by atoms with Crippen molar-refractivity contribution in [2.45, 2.75) is 12.1 Å². The van der Waals surface area contributed by atoms with Gasteiger partial charge >= 0.3 is 0 Å². The Morgan fingerprint density at radius 3 is 2.78 bits per heavy atom. The number of hydrogen-bond acceptors (Lipinski definition) is 3. The molecule has 3 nitrogen and oxygen atoms in total. The van der Waals surface area contributed by atoms with E-state index in [1.54, 1.807) is 7.11 Å². The first kappa shape index (κ1) is 6.99. The quantitative estimate of drug-likeness (QED) is 0.544. The molecule has 1 atom stereocenters. The molecule has 1 unspecified atom stereocenters. The summed E-state index contributed by atoms with van der Waals surface area (Å²) in [6.07, 6.45) is 0.944. The summed E-state index contributed by atoms with van der Waals surface area (Å²) in [5, 5.41) is 3.08. The standard InChI is InChI=1S/C6H13NO2/c1-7-6(5-9-6)3-4-8-2/h7H,3-5H2,1-2H3. The Kier molecular flexibility index (Phi) is 2.05. The third kappa shape index (κ3) is 1.64. The van der Waals surface area contributed by atoms with Crippen molar-refractivity contribution in [1.82, 2.24) is 5.32 Å². The van der Waals surface area contributed by atoms with Crippen LogP contribution in [0.2, 0.25) is 0 Å². The Balaban J connectivity index is 2.10. The van der Waals surface area contributed by atoms with Crippen molar-refractivity contribution in [2.75, 3.05) is 27.4 Å². The number of hydrogen-bond donors (Lipinski definition) is 1. The molecular formula is C6H13NO2. The van der Waals surface area contributed by atoms with Gasteiger partial charge in [-0.2, -0.15) is 0 Å². The molecule has 1 fully saturated rings. The predicted molar refractivity (Wildman–Crippen MR) is 34.2 cm³/mol. The monoisotopic (exact) mass is 131 g/mol. The first-order valence-corrected chi connectivity index (χ1v) is 3.15. The fourth-order valence-electron chi connectivity index (χ4n) is 0.768. The number of nitrogens with one attached hydrogen (secondary N) is 1. The molecule has 0 saturated carbocycles. The molecule has 0 aromatic carbocycles. The summed E-state index contributed by atoms with van der Waals surface area (Å²) in [5.74, 6) is 0. The molecule has 0 aromatic rings. The van der Waals surface area contributed by atoms with Gasteiger partial charge in [0.25, 0.3) is 0 Å². The molecule has 0 bridgehead atoms. The Bertz CT molecular complexity index is 91.1. The minimum atomic E-state index is -0.0317. The minimum absolute atomic E-state index is 0.0317. The van der Waals surface area contributed by atoms with Gasteiger partial charge in [-0.1, -0.05) is 0 Å². The second-order valence-corrected chi connectivity index (χ2v) is 2.28. The van der Waals surface area contributed by atoms with Gasteiger partial charge in [-0.3, -0.25) is 5.32 Å². The average Bonchev–Trinajstić information content (AvgIpc) is 2.65. The predicted octanol–water partition coefficient (Wildman–Crippen LogP) is -0.0312. The molecule has 3 heteroatoms. The number of rotatable bonds is 4. The number of epoxide rings is 1. The Morgan fingerprint density at radius 2 is 2.44 bits per heavy atom. The lowest BCUT2D eigenvalue weighted by Crippen LogP contribution is -2.30. The molecular weight excluding hydrogens is 118 g/mol. The second kappa shape index (κ2) is 2.64. The lowest BCUT2D eigenvalue weighted by Gasteiger charge is -2.07. The van der Waals surface area contributed by atoms with Gasteiger partial charge in [-0.25, -0.2) is 0 Å². The van der Waals surface area contributed by atoms with E-state index in [0.717, 1.165) is 19.6 Å². The molecule has 0 amide bonds. The van der Waals surface area contributed by atoms with Crippen LogP contribution in [0.4, 0.5) is 0 Å². The van der Waals surface area contributed by atoms with Crippen molar-refractivity contribution in [2.24, 2.45) is 0 Å². The van der Waals surface area contributed by atoms with E-state index in [4.69, 9.17) is 9.47 Å². The second-order valence-electron chi connectivity index (χ2n) is 2.28. The third-order valence-corrected chi connectivity index (χ3v) is 1.66. The van der Waals surface area contributed by atoms with Gasteiger partial charge in [0.2, 0.25) is 0 Å². The average molecular weight is 131 g/mol. The molecule has 1 aliphatic heterocycles. The van der Waals surface area contributed by atoms with Gasteiger partial charge in [-0.15, -0.1) is 0 Å². The maximum atomic E-state index is 5.16. The molecule has 1 aliphatic rings. The summed E-state index contributed by atoms with van der Waals surface area (Å²) < 4.78 is 10.1. The van der Waals surface area contributed by atoms with Crippen molar-refractivity contribution in [3.8, 4) is 0 Å². The van der Waals surface area contributed by atoms with Crippen LogP contribution in [0.5, 0.6) is 0 Å². The molecule has 9 heavy (non-hydrogen) atoms. The highest BCUT2D eigenvalue weighted by molar-refractivity contribution is 4.87. The maximum Gasteiger partial charge on any atom is 0.145 e. The summed E-state index contributed by atoms with van der Waals surface area (Å²) in [4.78, 5) is 0. The maximum absolute atomic E-state index is 5.16. The summed E-state index contributed by atoms with van der Waals surface area (Å²) in [7, 11) is 3.61. The smallest absolute Gasteiger partial charge is 0.145 e. The van der Waals surface area contributed by atoms with Crippen molar-refractivity contribution in [1.29, 1.82) is 0 Å². The topological polar surface area (TPSA) is 33.8 Å². The zero-order valence-electron chi connectivity index (χ0n) is 5.94. The van der Waals surface area contributed by atoms with Gasteiger partial charge < -0.3 is 9.47 Å². The van der Waals surface area contributed by atoms with E-state index in [0.29, 0.717) is 0 Å². The van der Waals surface area contributed by atoms with E-state index in [9.17, 15) is 0 Å². The molecule has 0 spiro atoms. The van der Waals surface area contributed by atoms with Gasteiger partial charge in [0, 0.05) is 13.5 Å². The largest absolute Gasteiger partial charge is 0.385 e. The molecule has 1 heterocycles. The SMILES string of the molecule is CNC1(CCOC)CO1. The van der Waals surface area contributed by atoms with Gasteiger partial charge in [0.1, 0.15) is 5.72 Å². The Morgan fingerprint density at radius 1 is 1.78 bits per heavy atom. The van der Waals surface area contributed by atoms with Crippen LogP contribution in [-0.4, -0.2) is 33.1 Å². The fourth-order valence-corrected chi connectivity index (χ4v) is 0.768. The van der Waals surface area contributed by atoms with Crippen molar-refractivity contribution >= 4 is 0 Å². The van der Waals surface area contributed by atoms with Crippen LogP contribution in [-0.2, 0) is 9.47 Å². The molecule has 1 N–H and O–H groups in total. The molecule has 0 radical (unpaired) electrons. The number of ether oxygens (including phenoxy) is 2. The highest BCUT2D eigenvalue weighted by Crippen LogP contribution is 2.26. The zero-order chi connectivity index (χ0) is 6.74. The van der Waals surface area contributed by atoms with E-state index in [1.165, 1.54) is 0 Å². The van der Waals surface area contributed by atoms with Crippen LogP contribution in [0, 0.1) is 0 Å². The van der Waals surface area contributed by atoms with Crippen LogP contribution in [0.15, 0.2) is 0 Å². The lowest BCUT2D eigenvalue weighted by atomic mass is 10.2. The van der Waals surface area contributed by atoms with E-state index in [-0.39, 0.29) is 5.72 Å². The first-order valence-electron chi connectivity index (χ1n) is 3.15. The third-order valence-electron chi connectivity index (χ3n) is 1.66. The van der Waals surface area contributed by atoms with E-state index in [2.05, 4.69) is 5.32 Å². The summed E-state index contributed by atoms with van der Waals surface area (Å²) in [6, 6.07) is 0. The van der Waals surface area contributed by atoms with Crippen LogP contribution >= 0.6 is 0 Å². The highest BCUT2D eigenvalue weighted by atomic mass is 16.6. The Labute approximate surface area is 55.3 Å². The van der Waals surface area contributed by atoms with Crippen LogP contribution in [0.1, 0.15) is 6.42 Å². The van der Waals surface area contributed by atoms with E-state index in [1.807, 2.05) is 7.05 Å². The molecule has 54 valence electrons. The normalized spacial score (nSPS) is 32.7. The van der Waals surface area contributed by atoms with Crippen LogP contribution in [0.25, 0.3) is 0 Å². The molecule has 1 rings (SSSR count). The van der Waals surface area contributed by atoms with Crippen molar-refractivity contribution in [3.05, 3.63) is 0 Å². The summed E-state index contributed by atoms with van der Waals surface area (Å²) >= 11 is 0. The zero-order valence-corrected chi connectivity index (χ0v) is 5.94. The fraction of sp³-hybridized carbons (Fsp3) is 1.00. The number of methoxy groups -OCH3 is 1. The molecule has 1 saturated heterocycles. The van der Waals surface area contributed by atoms with E-state index >= 15 is 0 Å². The van der Waals surface area contributed by atoms with Crippen molar-refractivity contribution in [3.63, 3.8) is 0 Å². The van der Waals surface area contributed by atoms with Crippen LogP contribution < -0.4 is 5.32 Å². The number of likely N-dealkylation sites (N-methyl/N-ethyl adjacent to an activating group) is 1. The highest BCUT2D eigenvalue weighted by Gasteiger charge is 2.42. The summed E-state index contributed by atoms with van der Waals surface area (Å²) in [6.45, 7) is 1.59. The lowest BCUT2D eigenvalue weighted by molar-refractivity contribution is 0.148. The van der Waals surface area contributed by atoms with E-state index < -0.39 is 0 Å². The van der Waals surface area contributed by atoms with Crippen LogP contribution in [0.3, 0.4) is 0 Å². The minimum Gasteiger partial charge on any atom is -0.385 e. The van der Waals surface area contributed by atoms with Gasteiger partial charge in [0.15, 0.2) is 0 Å².